The Morgan fingerprint density at radius 1 is 1.25 bits per heavy atom. The summed E-state index contributed by atoms with van der Waals surface area (Å²) in [5, 5.41) is 3.15. The Kier molecular flexibility index (Phi) is 9.81. The van der Waals surface area contributed by atoms with Gasteiger partial charge in [0.15, 0.2) is 0 Å². The largest absolute Gasteiger partial charge is 0.352 e. The van der Waals surface area contributed by atoms with E-state index in [-0.39, 0.29) is 48.7 Å². The second-order valence-corrected chi connectivity index (χ2v) is 6.04. The normalized spacial score (nSPS) is 28.1. The number of amides is 1. The van der Waals surface area contributed by atoms with Crippen LogP contribution in [-0.4, -0.2) is 42.5 Å². The molecule has 1 amide bonds. The summed E-state index contributed by atoms with van der Waals surface area (Å²) in [6.45, 7) is 5.48. The highest BCUT2D eigenvalue weighted by Crippen LogP contribution is 2.24. The molecule has 3 atom stereocenters. The average Bonchev–Trinajstić information content (AvgIpc) is 2.77. The molecule has 1 aliphatic carbocycles. The van der Waals surface area contributed by atoms with Crippen LogP contribution in [0.2, 0.25) is 0 Å². The number of carbonyl (C=O) groups is 1. The fourth-order valence-corrected chi connectivity index (χ4v) is 3.19. The van der Waals surface area contributed by atoms with E-state index in [0.29, 0.717) is 0 Å². The monoisotopic (exact) mass is 325 g/mol. The van der Waals surface area contributed by atoms with Gasteiger partial charge in [0, 0.05) is 24.5 Å². The number of piperidine rings is 1. The zero-order chi connectivity index (χ0) is 13.0. The van der Waals surface area contributed by atoms with Crippen LogP contribution in [-0.2, 0) is 4.79 Å². The predicted molar refractivity (Wildman–Crippen MR) is 87.7 cm³/mol. The lowest BCUT2D eigenvalue weighted by Crippen LogP contribution is -2.45. The van der Waals surface area contributed by atoms with Crippen LogP contribution >= 0.6 is 24.8 Å². The summed E-state index contributed by atoms with van der Waals surface area (Å²) in [6, 6.07) is 0.491. The number of nitrogens with one attached hydrogen (secondary N) is 1. The minimum atomic E-state index is 0. The lowest BCUT2D eigenvalue weighted by atomic mass is 10.1. The van der Waals surface area contributed by atoms with Gasteiger partial charge in [-0.2, -0.15) is 0 Å². The molecule has 0 aromatic carbocycles. The van der Waals surface area contributed by atoms with Crippen LogP contribution in [0.15, 0.2) is 0 Å². The van der Waals surface area contributed by atoms with Crippen LogP contribution in [0.25, 0.3) is 0 Å². The minimum Gasteiger partial charge on any atom is -0.352 e. The first-order valence-electron chi connectivity index (χ1n) is 7.43. The summed E-state index contributed by atoms with van der Waals surface area (Å²) < 4.78 is 0. The molecule has 120 valence electrons. The van der Waals surface area contributed by atoms with Gasteiger partial charge in [-0.25, -0.2) is 0 Å². The summed E-state index contributed by atoms with van der Waals surface area (Å²) in [5.74, 6) is 0.372. The summed E-state index contributed by atoms with van der Waals surface area (Å²) in [5.41, 5.74) is 5.85. The molecule has 4 nitrogen and oxygen atoms in total. The lowest BCUT2D eigenvalue weighted by Gasteiger charge is -2.29. The van der Waals surface area contributed by atoms with Crippen LogP contribution in [0, 0.1) is 5.92 Å². The van der Waals surface area contributed by atoms with Gasteiger partial charge in [-0.05, 0) is 52.1 Å². The molecular weight excluding hydrogens is 297 g/mol. The van der Waals surface area contributed by atoms with Crippen molar-refractivity contribution >= 4 is 30.7 Å². The maximum absolute atomic E-state index is 12.1. The molecule has 1 aliphatic heterocycles. The fraction of sp³-hybridized carbons (Fsp3) is 0.929. The first kappa shape index (κ1) is 20.0. The first-order chi connectivity index (χ1) is 8.65. The van der Waals surface area contributed by atoms with Gasteiger partial charge < -0.3 is 16.0 Å². The van der Waals surface area contributed by atoms with E-state index < -0.39 is 0 Å². The van der Waals surface area contributed by atoms with Crippen LogP contribution in [0.4, 0.5) is 0 Å². The van der Waals surface area contributed by atoms with Gasteiger partial charge in [0.05, 0.1) is 0 Å². The fourth-order valence-electron chi connectivity index (χ4n) is 3.19. The highest BCUT2D eigenvalue weighted by Gasteiger charge is 2.28. The van der Waals surface area contributed by atoms with Gasteiger partial charge in [-0.3, -0.25) is 4.79 Å². The number of carbonyl (C=O) groups excluding carboxylic acids is 1. The van der Waals surface area contributed by atoms with Gasteiger partial charge in [0.25, 0.3) is 0 Å². The van der Waals surface area contributed by atoms with Crippen LogP contribution in [0.3, 0.4) is 0 Å². The molecule has 1 heterocycles. The number of hydrogen-bond acceptors (Lipinski definition) is 3. The first-order valence-corrected chi connectivity index (χ1v) is 7.43. The van der Waals surface area contributed by atoms with Gasteiger partial charge in [-0.15, -0.1) is 24.8 Å². The topological polar surface area (TPSA) is 58.4 Å². The summed E-state index contributed by atoms with van der Waals surface area (Å²) >= 11 is 0. The summed E-state index contributed by atoms with van der Waals surface area (Å²) in [7, 11) is 0. The van der Waals surface area contributed by atoms with Crippen molar-refractivity contribution in [1.82, 2.24) is 10.2 Å². The van der Waals surface area contributed by atoms with Crippen molar-refractivity contribution in [3.05, 3.63) is 0 Å². The molecule has 0 bridgehead atoms. The maximum Gasteiger partial charge on any atom is 0.223 e. The Morgan fingerprint density at radius 3 is 2.45 bits per heavy atom. The molecule has 3 unspecified atom stereocenters. The third-order valence-corrected chi connectivity index (χ3v) is 4.21. The van der Waals surface area contributed by atoms with Gasteiger partial charge in [0.2, 0.25) is 5.91 Å². The van der Waals surface area contributed by atoms with E-state index in [1.54, 1.807) is 0 Å². The van der Waals surface area contributed by atoms with Crippen LogP contribution in [0.1, 0.15) is 45.4 Å². The van der Waals surface area contributed by atoms with Gasteiger partial charge >= 0.3 is 0 Å². The van der Waals surface area contributed by atoms with Gasteiger partial charge in [-0.1, -0.05) is 6.42 Å². The summed E-state index contributed by atoms with van der Waals surface area (Å²) in [4.78, 5) is 14.5. The Balaban J connectivity index is 0.00000180. The van der Waals surface area contributed by atoms with Crippen LogP contribution in [0.5, 0.6) is 0 Å². The highest BCUT2D eigenvalue weighted by atomic mass is 35.5. The average molecular weight is 326 g/mol. The van der Waals surface area contributed by atoms with E-state index in [4.69, 9.17) is 5.73 Å². The zero-order valence-electron chi connectivity index (χ0n) is 12.3. The molecule has 6 heteroatoms. The molecule has 20 heavy (non-hydrogen) atoms. The Hall–Kier alpha value is -0.0300. The smallest absolute Gasteiger partial charge is 0.223 e. The second-order valence-electron chi connectivity index (χ2n) is 6.04. The molecule has 1 saturated heterocycles. The molecule has 0 aromatic rings. The molecule has 0 spiro atoms. The highest BCUT2D eigenvalue weighted by molar-refractivity contribution is 5.85. The van der Waals surface area contributed by atoms with E-state index in [9.17, 15) is 4.79 Å². The number of likely N-dealkylation sites (tertiary alicyclic amines) is 1. The van der Waals surface area contributed by atoms with Crippen molar-refractivity contribution < 1.29 is 4.79 Å². The molecule has 0 radical (unpaired) electrons. The van der Waals surface area contributed by atoms with E-state index in [1.807, 2.05) is 0 Å². The number of nitrogens with zero attached hydrogens (tertiary/aromatic N) is 1. The molecule has 1 saturated carbocycles. The number of nitrogens with two attached hydrogens (primary N) is 1. The SMILES string of the molecule is CC(CN1CCCCC1)NC(=O)C1CCC(N)C1.Cl.Cl. The quantitative estimate of drug-likeness (QED) is 0.830. The van der Waals surface area contributed by atoms with Crippen molar-refractivity contribution in [3.63, 3.8) is 0 Å². The van der Waals surface area contributed by atoms with E-state index in [2.05, 4.69) is 17.1 Å². The van der Waals surface area contributed by atoms with E-state index in [1.165, 1.54) is 32.4 Å². The van der Waals surface area contributed by atoms with E-state index in [0.717, 1.165) is 25.8 Å². The lowest BCUT2D eigenvalue weighted by molar-refractivity contribution is -0.125. The predicted octanol–water partition coefficient (Wildman–Crippen LogP) is 1.95. The van der Waals surface area contributed by atoms with Crippen molar-refractivity contribution in [1.29, 1.82) is 0 Å². The summed E-state index contributed by atoms with van der Waals surface area (Å²) in [6.07, 6.45) is 6.79. The Bertz CT molecular complexity index is 286. The third-order valence-electron chi connectivity index (χ3n) is 4.21. The minimum absolute atomic E-state index is 0. The molecule has 2 aliphatic rings. The van der Waals surface area contributed by atoms with Crippen molar-refractivity contribution in [3.8, 4) is 0 Å². The van der Waals surface area contributed by atoms with E-state index >= 15 is 0 Å². The van der Waals surface area contributed by atoms with Gasteiger partial charge in [0.1, 0.15) is 0 Å². The van der Waals surface area contributed by atoms with Crippen molar-refractivity contribution in [2.24, 2.45) is 11.7 Å². The second kappa shape index (κ2) is 9.82. The Morgan fingerprint density at radius 2 is 1.90 bits per heavy atom. The third kappa shape index (κ3) is 6.17. The standard InChI is InChI=1S/C14H27N3O.2ClH/c1-11(10-17-7-3-2-4-8-17)16-14(18)12-5-6-13(15)9-12;;/h11-13H,2-10,15H2,1H3,(H,16,18);2*1H. The number of hydrogen-bond donors (Lipinski definition) is 2. The molecule has 2 rings (SSSR count). The maximum atomic E-state index is 12.1. The number of rotatable bonds is 4. The molecule has 0 aromatic heterocycles. The Labute approximate surface area is 135 Å². The van der Waals surface area contributed by atoms with Crippen molar-refractivity contribution in [2.75, 3.05) is 19.6 Å². The molecule has 2 fully saturated rings. The zero-order valence-corrected chi connectivity index (χ0v) is 14.0. The molecule has 3 N–H and O–H groups in total. The molecular formula is C14H29Cl2N3O. The van der Waals surface area contributed by atoms with Crippen LogP contribution < -0.4 is 11.1 Å². The number of halogens is 2. The van der Waals surface area contributed by atoms with Crippen molar-refractivity contribution in [2.45, 2.75) is 57.5 Å².